The summed E-state index contributed by atoms with van der Waals surface area (Å²) in [5.74, 6) is -0.730. The summed E-state index contributed by atoms with van der Waals surface area (Å²) in [5, 5.41) is 11.7. The third kappa shape index (κ3) is 4.68. The molecule has 2 rings (SSSR count). The Balaban J connectivity index is 2.03. The first-order valence-corrected chi connectivity index (χ1v) is 8.23. The van der Waals surface area contributed by atoms with Crippen LogP contribution in [0.25, 0.3) is 0 Å². The number of aromatic nitrogens is 1. The van der Waals surface area contributed by atoms with Gasteiger partial charge in [0.25, 0.3) is 5.91 Å². The van der Waals surface area contributed by atoms with E-state index in [4.69, 9.17) is 5.11 Å². The lowest BCUT2D eigenvalue weighted by Gasteiger charge is -2.21. The third-order valence-electron chi connectivity index (χ3n) is 4.16. The predicted octanol–water partition coefficient (Wildman–Crippen LogP) is 2.30. The van der Waals surface area contributed by atoms with Gasteiger partial charge in [-0.15, -0.1) is 0 Å². The van der Waals surface area contributed by atoms with Crippen molar-refractivity contribution in [3.8, 4) is 0 Å². The summed E-state index contributed by atoms with van der Waals surface area (Å²) in [6, 6.07) is 2.65. The lowest BCUT2D eigenvalue weighted by Crippen LogP contribution is -2.44. The summed E-state index contributed by atoms with van der Waals surface area (Å²) in [4.78, 5) is 30.0. The number of hydrogen-bond donors (Lipinski definition) is 2. The van der Waals surface area contributed by atoms with E-state index in [-0.39, 0.29) is 5.92 Å². The van der Waals surface area contributed by atoms with Gasteiger partial charge in [0.05, 0.1) is 5.56 Å². The number of pyridine rings is 1. The van der Waals surface area contributed by atoms with Crippen molar-refractivity contribution in [2.45, 2.75) is 45.6 Å². The summed E-state index contributed by atoms with van der Waals surface area (Å²) in [6.45, 7) is 5.51. The second-order valence-electron chi connectivity index (χ2n) is 6.34. The summed E-state index contributed by atoms with van der Waals surface area (Å²) >= 11 is 0. The van der Waals surface area contributed by atoms with Crippen molar-refractivity contribution in [2.75, 3.05) is 18.0 Å². The SMILES string of the molecule is CC(C)[C@@H](NC(=O)c1ccc(N2CCCCCC2)nc1)C(=O)O. The fourth-order valence-corrected chi connectivity index (χ4v) is 2.75. The van der Waals surface area contributed by atoms with Gasteiger partial charge in [-0.3, -0.25) is 4.79 Å². The van der Waals surface area contributed by atoms with E-state index >= 15 is 0 Å². The molecule has 1 saturated heterocycles. The van der Waals surface area contributed by atoms with Gasteiger partial charge in [0.15, 0.2) is 0 Å². The second kappa shape index (κ2) is 7.94. The molecule has 1 aliphatic heterocycles. The Morgan fingerprint density at radius 1 is 1.17 bits per heavy atom. The molecule has 6 nitrogen and oxygen atoms in total. The van der Waals surface area contributed by atoms with E-state index in [2.05, 4.69) is 15.2 Å². The molecular weight excluding hydrogens is 294 g/mol. The Kier molecular flexibility index (Phi) is 5.96. The molecule has 2 heterocycles. The van der Waals surface area contributed by atoms with Crippen LogP contribution in [0, 0.1) is 5.92 Å². The van der Waals surface area contributed by atoms with Crippen LogP contribution in [0.5, 0.6) is 0 Å². The van der Waals surface area contributed by atoms with Gasteiger partial charge in [-0.25, -0.2) is 9.78 Å². The molecule has 0 aliphatic carbocycles. The van der Waals surface area contributed by atoms with Gasteiger partial charge in [-0.05, 0) is 30.9 Å². The zero-order chi connectivity index (χ0) is 16.8. The maximum Gasteiger partial charge on any atom is 0.326 e. The predicted molar refractivity (Wildman–Crippen MR) is 88.6 cm³/mol. The summed E-state index contributed by atoms with van der Waals surface area (Å²) in [7, 11) is 0. The molecule has 1 aliphatic rings. The molecule has 1 fully saturated rings. The van der Waals surface area contributed by atoms with E-state index < -0.39 is 17.9 Å². The first kappa shape index (κ1) is 17.2. The number of hydrogen-bond acceptors (Lipinski definition) is 4. The minimum atomic E-state index is -1.03. The highest BCUT2D eigenvalue weighted by Crippen LogP contribution is 2.17. The molecule has 1 aromatic heterocycles. The van der Waals surface area contributed by atoms with Crippen molar-refractivity contribution in [2.24, 2.45) is 5.92 Å². The molecule has 6 heteroatoms. The standard InChI is InChI=1S/C17H25N3O3/c1-12(2)15(17(22)23)19-16(21)13-7-8-14(18-11-13)20-9-5-3-4-6-10-20/h7-8,11-12,15H,3-6,9-10H2,1-2H3,(H,19,21)(H,22,23)/t15-/m1/s1. The van der Waals surface area contributed by atoms with Crippen LogP contribution < -0.4 is 10.2 Å². The Bertz CT molecular complexity index is 535. The quantitative estimate of drug-likeness (QED) is 0.870. The smallest absolute Gasteiger partial charge is 0.326 e. The maximum atomic E-state index is 12.2. The highest BCUT2D eigenvalue weighted by Gasteiger charge is 2.24. The zero-order valence-corrected chi connectivity index (χ0v) is 13.8. The monoisotopic (exact) mass is 319 g/mol. The number of rotatable bonds is 5. The third-order valence-corrected chi connectivity index (χ3v) is 4.16. The van der Waals surface area contributed by atoms with E-state index in [1.807, 2.05) is 6.07 Å². The summed E-state index contributed by atoms with van der Waals surface area (Å²) in [5.41, 5.74) is 0.385. The summed E-state index contributed by atoms with van der Waals surface area (Å²) < 4.78 is 0. The molecule has 0 radical (unpaired) electrons. The van der Waals surface area contributed by atoms with Crippen LogP contribution in [-0.4, -0.2) is 41.1 Å². The molecule has 1 atom stereocenters. The molecule has 0 aromatic carbocycles. The van der Waals surface area contributed by atoms with Gasteiger partial charge in [-0.2, -0.15) is 0 Å². The number of carbonyl (C=O) groups excluding carboxylic acids is 1. The van der Waals surface area contributed by atoms with Crippen LogP contribution >= 0.6 is 0 Å². The van der Waals surface area contributed by atoms with Gasteiger partial charge in [0, 0.05) is 19.3 Å². The molecule has 23 heavy (non-hydrogen) atoms. The van der Waals surface area contributed by atoms with E-state index in [9.17, 15) is 9.59 Å². The largest absolute Gasteiger partial charge is 0.480 e. The van der Waals surface area contributed by atoms with Crippen molar-refractivity contribution in [1.82, 2.24) is 10.3 Å². The minimum absolute atomic E-state index is 0.180. The van der Waals surface area contributed by atoms with Crippen LogP contribution in [0.3, 0.4) is 0 Å². The zero-order valence-electron chi connectivity index (χ0n) is 13.8. The number of anilines is 1. The van der Waals surface area contributed by atoms with Crippen LogP contribution in [0.4, 0.5) is 5.82 Å². The molecule has 2 N–H and O–H groups in total. The highest BCUT2D eigenvalue weighted by molar-refractivity contribution is 5.96. The van der Waals surface area contributed by atoms with Crippen LogP contribution in [-0.2, 0) is 4.79 Å². The topological polar surface area (TPSA) is 82.5 Å². The van der Waals surface area contributed by atoms with Crippen molar-refractivity contribution in [1.29, 1.82) is 0 Å². The maximum absolute atomic E-state index is 12.2. The van der Waals surface area contributed by atoms with Gasteiger partial charge in [-0.1, -0.05) is 26.7 Å². The number of nitrogens with one attached hydrogen (secondary N) is 1. The average molecular weight is 319 g/mol. The number of carboxylic acid groups (broad SMARTS) is 1. The number of carboxylic acids is 1. The van der Waals surface area contributed by atoms with Crippen LogP contribution in [0.2, 0.25) is 0 Å². The van der Waals surface area contributed by atoms with E-state index in [0.717, 1.165) is 18.9 Å². The van der Waals surface area contributed by atoms with Crippen molar-refractivity contribution >= 4 is 17.7 Å². The molecule has 0 spiro atoms. The van der Waals surface area contributed by atoms with Crippen molar-refractivity contribution in [3.63, 3.8) is 0 Å². The lowest BCUT2D eigenvalue weighted by atomic mass is 10.0. The fraction of sp³-hybridized carbons (Fsp3) is 0.588. The van der Waals surface area contributed by atoms with Crippen molar-refractivity contribution in [3.05, 3.63) is 23.9 Å². The fourth-order valence-electron chi connectivity index (χ4n) is 2.75. The number of amides is 1. The van der Waals surface area contributed by atoms with E-state index in [1.165, 1.54) is 31.9 Å². The number of aliphatic carboxylic acids is 1. The van der Waals surface area contributed by atoms with Gasteiger partial charge in [0.2, 0.25) is 0 Å². The van der Waals surface area contributed by atoms with E-state index in [1.54, 1.807) is 19.9 Å². The molecule has 0 saturated carbocycles. The molecule has 1 amide bonds. The first-order valence-electron chi connectivity index (χ1n) is 8.23. The first-order chi connectivity index (χ1) is 11.0. The summed E-state index contributed by atoms with van der Waals surface area (Å²) in [6.07, 6.45) is 6.36. The van der Waals surface area contributed by atoms with Crippen LogP contribution in [0.15, 0.2) is 18.3 Å². The van der Waals surface area contributed by atoms with Gasteiger partial charge < -0.3 is 15.3 Å². The van der Waals surface area contributed by atoms with Crippen molar-refractivity contribution < 1.29 is 14.7 Å². The normalized spacial score (nSPS) is 16.7. The minimum Gasteiger partial charge on any atom is -0.480 e. The molecule has 0 unspecified atom stereocenters. The Morgan fingerprint density at radius 2 is 1.83 bits per heavy atom. The lowest BCUT2D eigenvalue weighted by molar-refractivity contribution is -0.140. The second-order valence-corrected chi connectivity index (χ2v) is 6.34. The van der Waals surface area contributed by atoms with Crippen LogP contribution in [0.1, 0.15) is 49.9 Å². The van der Waals surface area contributed by atoms with Gasteiger partial charge in [0.1, 0.15) is 11.9 Å². The number of carbonyl (C=O) groups is 2. The Labute approximate surface area is 136 Å². The van der Waals surface area contributed by atoms with E-state index in [0.29, 0.717) is 5.56 Å². The average Bonchev–Trinajstić information content (AvgIpc) is 2.81. The highest BCUT2D eigenvalue weighted by atomic mass is 16.4. The Morgan fingerprint density at radius 3 is 2.30 bits per heavy atom. The molecular formula is C17H25N3O3. The molecule has 126 valence electrons. The molecule has 0 bridgehead atoms. The van der Waals surface area contributed by atoms with Gasteiger partial charge >= 0.3 is 5.97 Å². The Hall–Kier alpha value is -2.11. The number of nitrogens with zero attached hydrogens (tertiary/aromatic N) is 2. The molecule has 1 aromatic rings.